The molecule has 4 aromatic rings. The number of carbonyl (C=O) groups excluding carboxylic acids is 3. The molecule has 17 heteroatoms. The van der Waals surface area contributed by atoms with Gasteiger partial charge in [0.1, 0.15) is 22.6 Å². The molecular formula is C34H39F2N7O8. The van der Waals surface area contributed by atoms with Gasteiger partial charge in [-0.15, -0.1) is 0 Å². The molecule has 2 atom stereocenters. The second-order valence-corrected chi connectivity index (χ2v) is 12.7. The largest absolute Gasteiger partial charge is 0.496 e. The van der Waals surface area contributed by atoms with Crippen LogP contribution in [0.4, 0.5) is 25.0 Å². The summed E-state index contributed by atoms with van der Waals surface area (Å²) in [4.78, 5) is 48.8. The molecule has 1 fully saturated rings. The van der Waals surface area contributed by atoms with E-state index < -0.39 is 52.9 Å². The maximum atomic E-state index is 15.9. The first-order chi connectivity index (χ1) is 24.3. The van der Waals surface area contributed by atoms with Crippen LogP contribution in [0.2, 0.25) is 0 Å². The Labute approximate surface area is 291 Å². The number of ether oxygens (including phenoxy) is 4. The molecule has 3 N–H and O–H groups in total. The predicted molar refractivity (Wildman–Crippen MR) is 181 cm³/mol. The molecule has 2 aromatic carbocycles. The van der Waals surface area contributed by atoms with Gasteiger partial charge in [-0.25, -0.2) is 28.3 Å². The summed E-state index contributed by atoms with van der Waals surface area (Å²) in [5.41, 5.74) is -1.15. The van der Waals surface area contributed by atoms with Gasteiger partial charge in [0.05, 0.1) is 74.8 Å². The highest BCUT2D eigenvalue weighted by Gasteiger charge is 2.37. The molecule has 1 aliphatic heterocycles. The summed E-state index contributed by atoms with van der Waals surface area (Å²) in [5.74, 6) is -3.73. The number of fused-ring (bicyclic) bond motifs is 1. The quantitative estimate of drug-likeness (QED) is 0.191. The number of aliphatic hydroxyl groups excluding tert-OH is 1. The number of methoxy groups -OCH3 is 3. The predicted octanol–water partition coefficient (Wildman–Crippen LogP) is 3.93. The Morgan fingerprint density at radius 3 is 2.55 bits per heavy atom. The number of hydrogen-bond acceptors (Lipinski definition) is 12. The normalized spacial score (nSPS) is 15.9. The number of carbonyl (C=O) groups is 3. The average Bonchev–Trinajstić information content (AvgIpc) is 3.70. The fourth-order valence-corrected chi connectivity index (χ4v) is 5.91. The van der Waals surface area contributed by atoms with Gasteiger partial charge in [0.15, 0.2) is 17.5 Å². The van der Waals surface area contributed by atoms with E-state index in [9.17, 15) is 19.5 Å². The highest BCUT2D eigenvalue weighted by molar-refractivity contribution is 6.09. The number of benzene rings is 2. The first kappa shape index (κ1) is 36.9. The topological polar surface area (TPSA) is 179 Å². The lowest BCUT2D eigenvalue weighted by atomic mass is 10.1. The molecule has 5 rings (SSSR count). The maximum absolute atomic E-state index is 15.9. The molecule has 3 heterocycles. The van der Waals surface area contributed by atoms with Crippen molar-refractivity contribution < 1.29 is 47.2 Å². The number of aliphatic hydroxyl groups is 1. The zero-order chi connectivity index (χ0) is 37.0. The van der Waals surface area contributed by atoms with Crippen molar-refractivity contribution >= 4 is 40.2 Å². The molecule has 1 aliphatic rings. The number of aromatic nitrogens is 4. The summed E-state index contributed by atoms with van der Waals surface area (Å²) < 4.78 is 53.5. The van der Waals surface area contributed by atoms with Gasteiger partial charge in [-0.3, -0.25) is 9.48 Å². The van der Waals surface area contributed by atoms with Crippen molar-refractivity contribution in [3.63, 3.8) is 0 Å². The Kier molecular flexibility index (Phi) is 11.0. The summed E-state index contributed by atoms with van der Waals surface area (Å²) in [5, 5.41) is 20.7. The first-order valence-corrected chi connectivity index (χ1v) is 15.9. The Morgan fingerprint density at radius 1 is 1.12 bits per heavy atom. The van der Waals surface area contributed by atoms with E-state index in [1.165, 1.54) is 49.5 Å². The van der Waals surface area contributed by atoms with Crippen LogP contribution in [-0.4, -0.2) is 102 Å². The molecule has 0 aliphatic carbocycles. The van der Waals surface area contributed by atoms with Gasteiger partial charge in [-0.1, -0.05) is 0 Å². The van der Waals surface area contributed by atoms with Crippen molar-refractivity contribution in [1.29, 1.82) is 0 Å². The zero-order valence-corrected chi connectivity index (χ0v) is 29.0. The number of hydrogen-bond donors (Lipinski definition) is 3. The van der Waals surface area contributed by atoms with Crippen molar-refractivity contribution in [1.82, 2.24) is 25.1 Å². The van der Waals surface area contributed by atoms with Gasteiger partial charge in [-0.05, 0) is 45.4 Å². The van der Waals surface area contributed by atoms with E-state index in [0.717, 1.165) is 13.2 Å². The Morgan fingerprint density at radius 2 is 1.88 bits per heavy atom. The lowest BCUT2D eigenvalue weighted by Crippen LogP contribution is -2.40. The third kappa shape index (κ3) is 7.83. The van der Waals surface area contributed by atoms with Crippen LogP contribution in [0.5, 0.6) is 5.75 Å². The van der Waals surface area contributed by atoms with Gasteiger partial charge in [-0.2, -0.15) is 5.10 Å². The first-order valence-electron chi connectivity index (χ1n) is 15.9. The summed E-state index contributed by atoms with van der Waals surface area (Å²) in [7, 11) is 3.91. The summed E-state index contributed by atoms with van der Waals surface area (Å²) >= 11 is 0. The maximum Gasteiger partial charge on any atom is 0.407 e. The highest BCUT2D eigenvalue weighted by Crippen LogP contribution is 2.41. The van der Waals surface area contributed by atoms with Crippen molar-refractivity contribution in [2.75, 3.05) is 51.3 Å². The summed E-state index contributed by atoms with van der Waals surface area (Å²) in [6, 6.07) is 3.91. The van der Waals surface area contributed by atoms with Gasteiger partial charge in [0, 0.05) is 31.3 Å². The third-order valence-corrected chi connectivity index (χ3v) is 8.08. The fraction of sp³-hybridized carbons (Fsp3) is 0.412. The second-order valence-electron chi connectivity index (χ2n) is 12.7. The minimum absolute atomic E-state index is 0.00312. The molecule has 0 spiro atoms. The number of nitrogens with one attached hydrogen (secondary N) is 2. The number of amides is 2. The smallest absolute Gasteiger partial charge is 0.407 e. The molecule has 0 unspecified atom stereocenters. The molecule has 272 valence electrons. The SMILES string of the molecule is COCCn1ncc2c(N3C[C@@H](NC(=O)OC(C)(C)C)C[C@H]3CO)c(NC(=O)c3ccnc(-c4c(OC)ccc(C(=O)OC)c4F)n3)cc(F)c21. The Bertz CT molecular complexity index is 1950. The number of alkyl carbamates (subject to hydrolysis) is 1. The van der Waals surface area contributed by atoms with E-state index in [0.29, 0.717) is 17.5 Å². The number of anilines is 2. The van der Waals surface area contributed by atoms with E-state index in [-0.39, 0.29) is 60.3 Å². The molecule has 1 saturated heterocycles. The van der Waals surface area contributed by atoms with E-state index in [2.05, 4.69) is 30.4 Å². The van der Waals surface area contributed by atoms with Crippen LogP contribution in [0.15, 0.2) is 36.7 Å². The molecule has 0 bridgehead atoms. The lowest BCUT2D eigenvalue weighted by Gasteiger charge is -2.28. The van der Waals surface area contributed by atoms with Crippen LogP contribution in [0.25, 0.3) is 22.3 Å². The van der Waals surface area contributed by atoms with E-state index in [1.54, 1.807) is 25.7 Å². The van der Waals surface area contributed by atoms with E-state index in [4.69, 9.17) is 14.2 Å². The van der Waals surface area contributed by atoms with Crippen LogP contribution in [0.3, 0.4) is 0 Å². The standard InChI is InChI=1S/C34H39F2N7O8/c1-34(2,3)51-33(47)39-18-13-19(17-44)42(16-18)29-21-15-38-43(11-12-48-4)28(21)22(35)14-24(29)41-31(45)23-9-10-37-30(40-23)26-25(49-5)8-7-20(27(26)36)32(46)50-6/h7-10,14-15,18-19,44H,11-13,16-17H2,1-6H3,(H,39,47)(H,41,45)/t18-,19-/m0/s1. The van der Waals surface area contributed by atoms with Crippen LogP contribution < -0.4 is 20.3 Å². The molecular weight excluding hydrogens is 672 g/mol. The molecule has 2 amide bonds. The fourth-order valence-electron chi connectivity index (χ4n) is 5.91. The van der Waals surface area contributed by atoms with Gasteiger partial charge < -0.3 is 39.6 Å². The van der Waals surface area contributed by atoms with Crippen LogP contribution >= 0.6 is 0 Å². The Hall–Kier alpha value is -5.42. The number of nitrogens with zero attached hydrogens (tertiary/aromatic N) is 5. The number of halogens is 2. The minimum atomic E-state index is -1.02. The zero-order valence-electron chi connectivity index (χ0n) is 29.0. The van der Waals surface area contributed by atoms with Crippen molar-refractivity contribution in [2.45, 2.75) is 51.4 Å². The van der Waals surface area contributed by atoms with Crippen LogP contribution in [-0.2, 0) is 20.8 Å². The number of rotatable bonds is 11. The van der Waals surface area contributed by atoms with Crippen molar-refractivity contribution in [3.8, 4) is 17.1 Å². The molecule has 0 saturated carbocycles. The summed E-state index contributed by atoms with van der Waals surface area (Å²) in [6.45, 7) is 5.54. The van der Waals surface area contributed by atoms with E-state index in [1.807, 2.05) is 0 Å². The monoisotopic (exact) mass is 711 g/mol. The molecule has 51 heavy (non-hydrogen) atoms. The van der Waals surface area contributed by atoms with Crippen LogP contribution in [0.1, 0.15) is 48.0 Å². The second kappa shape index (κ2) is 15.2. The van der Waals surface area contributed by atoms with Gasteiger partial charge >= 0.3 is 12.1 Å². The lowest BCUT2D eigenvalue weighted by molar-refractivity contribution is 0.0506. The molecule has 15 nitrogen and oxygen atoms in total. The van der Waals surface area contributed by atoms with E-state index >= 15 is 8.78 Å². The highest BCUT2D eigenvalue weighted by atomic mass is 19.1. The number of esters is 1. The van der Waals surface area contributed by atoms with Gasteiger partial charge in [0.2, 0.25) is 0 Å². The Balaban J connectivity index is 1.55. The third-order valence-electron chi connectivity index (χ3n) is 8.08. The van der Waals surface area contributed by atoms with Crippen molar-refractivity contribution in [3.05, 3.63) is 59.6 Å². The molecule has 2 aromatic heterocycles. The van der Waals surface area contributed by atoms with Crippen molar-refractivity contribution in [2.24, 2.45) is 0 Å². The summed E-state index contributed by atoms with van der Waals surface area (Å²) in [6.07, 6.45) is 2.35. The minimum Gasteiger partial charge on any atom is -0.496 e. The molecule has 0 radical (unpaired) electrons. The van der Waals surface area contributed by atoms with Gasteiger partial charge in [0.25, 0.3) is 5.91 Å². The average molecular weight is 712 g/mol. The van der Waals surface area contributed by atoms with Crippen LogP contribution in [0, 0.1) is 11.6 Å².